The number of rotatable bonds is 1. The van der Waals surface area contributed by atoms with Crippen molar-refractivity contribution >= 4 is 18.1 Å². The van der Waals surface area contributed by atoms with Gasteiger partial charge in [0, 0.05) is 0 Å². The predicted molar refractivity (Wildman–Crippen MR) is 55.8 cm³/mol. The highest BCUT2D eigenvalue weighted by Gasteiger charge is 2.44. The molecule has 8 nitrogen and oxygen atoms in total. The third kappa shape index (κ3) is 2.84. The lowest BCUT2D eigenvalue weighted by Crippen LogP contribution is -2.47. The second-order valence-corrected chi connectivity index (χ2v) is 4.63. The van der Waals surface area contributed by atoms with E-state index in [-0.39, 0.29) is 6.54 Å². The Morgan fingerprint density at radius 2 is 2.00 bits per heavy atom. The van der Waals surface area contributed by atoms with Gasteiger partial charge < -0.3 is 9.84 Å². The number of hydrazine groups is 1. The van der Waals surface area contributed by atoms with Gasteiger partial charge in [-0.1, -0.05) is 0 Å². The molecule has 0 aromatic rings. The van der Waals surface area contributed by atoms with Crippen molar-refractivity contribution < 1.29 is 24.2 Å². The van der Waals surface area contributed by atoms with Crippen LogP contribution in [0.4, 0.5) is 9.59 Å². The highest BCUT2D eigenvalue weighted by atomic mass is 16.6. The molecule has 1 aliphatic rings. The molecular formula is C9H15N3O5. The van der Waals surface area contributed by atoms with Gasteiger partial charge in [-0.25, -0.2) is 30.1 Å². The van der Waals surface area contributed by atoms with Gasteiger partial charge in [0.2, 0.25) is 0 Å². The van der Waals surface area contributed by atoms with Crippen LogP contribution in [0.1, 0.15) is 20.8 Å². The van der Waals surface area contributed by atoms with Crippen LogP contribution < -0.4 is 5.84 Å². The lowest BCUT2D eigenvalue weighted by Gasteiger charge is -2.23. The molecule has 0 spiro atoms. The maximum Gasteiger partial charge on any atom is 0.415 e. The summed E-state index contributed by atoms with van der Waals surface area (Å²) in [7, 11) is 0. The number of urea groups is 1. The summed E-state index contributed by atoms with van der Waals surface area (Å²) in [4.78, 5) is 34.2. The first-order valence-corrected chi connectivity index (χ1v) is 4.94. The van der Waals surface area contributed by atoms with Crippen molar-refractivity contribution in [2.24, 2.45) is 5.84 Å². The lowest BCUT2D eigenvalue weighted by molar-refractivity contribution is -0.159. The van der Waals surface area contributed by atoms with Gasteiger partial charge in [-0.2, -0.15) is 0 Å². The van der Waals surface area contributed by atoms with Gasteiger partial charge in [0.1, 0.15) is 5.60 Å². The minimum atomic E-state index is -1.45. The van der Waals surface area contributed by atoms with Crippen molar-refractivity contribution in [3.8, 4) is 0 Å². The third-order valence-corrected chi connectivity index (χ3v) is 2.05. The van der Waals surface area contributed by atoms with E-state index in [0.717, 1.165) is 0 Å². The summed E-state index contributed by atoms with van der Waals surface area (Å²) in [5.74, 6) is 4.62. The van der Waals surface area contributed by atoms with E-state index in [4.69, 9.17) is 15.7 Å². The fourth-order valence-corrected chi connectivity index (χ4v) is 1.33. The summed E-state index contributed by atoms with van der Waals surface area (Å²) in [5, 5.41) is 9.28. The van der Waals surface area contributed by atoms with Crippen molar-refractivity contribution in [1.82, 2.24) is 9.91 Å². The highest BCUT2D eigenvalue weighted by molar-refractivity contribution is 5.96. The molecule has 1 unspecified atom stereocenters. The van der Waals surface area contributed by atoms with Crippen molar-refractivity contribution in [2.45, 2.75) is 32.4 Å². The van der Waals surface area contributed by atoms with E-state index in [9.17, 15) is 14.4 Å². The molecule has 3 amide bonds. The third-order valence-electron chi connectivity index (χ3n) is 2.05. The smallest absolute Gasteiger partial charge is 0.415 e. The predicted octanol–water partition coefficient (Wildman–Crippen LogP) is -0.0140. The fraction of sp³-hybridized carbons (Fsp3) is 0.667. The van der Waals surface area contributed by atoms with Crippen molar-refractivity contribution in [3.05, 3.63) is 0 Å². The average molecular weight is 245 g/mol. The number of hydrogen-bond donors (Lipinski definition) is 2. The Morgan fingerprint density at radius 3 is 2.35 bits per heavy atom. The minimum Gasteiger partial charge on any atom is -0.465 e. The van der Waals surface area contributed by atoms with E-state index in [2.05, 4.69) is 0 Å². The van der Waals surface area contributed by atoms with Crippen molar-refractivity contribution in [1.29, 1.82) is 0 Å². The van der Waals surface area contributed by atoms with Crippen LogP contribution in [-0.2, 0) is 9.53 Å². The van der Waals surface area contributed by atoms with E-state index in [1.807, 2.05) is 0 Å². The molecule has 1 saturated heterocycles. The van der Waals surface area contributed by atoms with Gasteiger partial charge in [0.25, 0.3) is 0 Å². The summed E-state index contributed by atoms with van der Waals surface area (Å²) in [6, 6.07) is -2.04. The van der Waals surface area contributed by atoms with Crippen LogP contribution in [0, 0.1) is 0 Å². The highest BCUT2D eigenvalue weighted by Crippen LogP contribution is 2.17. The zero-order valence-electron chi connectivity index (χ0n) is 9.84. The van der Waals surface area contributed by atoms with Crippen molar-refractivity contribution in [3.63, 3.8) is 0 Å². The Labute approximate surface area is 97.9 Å². The Kier molecular flexibility index (Phi) is 3.28. The zero-order valence-corrected chi connectivity index (χ0v) is 9.84. The second-order valence-electron chi connectivity index (χ2n) is 4.63. The van der Waals surface area contributed by atoms with Crippen LogP contribution >= 0.6 is 0 Å². The number of carbonyl (C=O) groups excluding carboxylic acids is 2. The van der Waals surface area contributed by atoms with Crippen LogP contribution in [0.3, 0.4) is 0 Å². The Balaban J connectivity index is 2.77. The number of carbonyl (C=O) groups is 3. The SMILES string of the molecule is CC(C)(C)OC(=O)C1CN(C(=O)O)C(=O)N1N. The molecule has 0 saturated carbocycles. The molecule has 1 aliphatic heterocycles. The minimum absolute atomic E-state index is 0.320. The number of carboxylic acid groups (broad SMARTS) is 1. The van der Waals surface area contributed by atoms with Gasteiger partial charge in [-0.05, 0) is 20.8 Å². The van der Waals surface area contributed by atoms with Crippen LogP contribution in [0.15, 0.2) is 0 Å². The lowest BCUT2D eigenvalue weighted by atomic mass is 10.2. The molecule has 1 fully saturated rings. The van der Waals surface area contributed by atoms with Crippen LogP contribution in [-0.4, -0.2) is 51.3 Å². The molecule has 0 aromatic heterocycles. The number of nitrogens with two attached hydrogens (primary N) is 1. The number of imide groups is 1. The quantitative estimate of drug-likeness (QED) is 0.381. The van der Waals surface area contributed by atoms with E-state index < -0.39 is 29.7 Å². The van der Waals surface area contributed by atoms with Crippen LogP contribution in [0.25, 0.3) is 0 Å². The van der Waals surface area contributed by atoms with Crippen LogP contribution in [0.2, 0.25) is 0 Å². The molecule has 96 valence electrons. The molecule has 0 bridgehead atoms. The van der Waals surface area contributed by atoms with Gasteiger partial charge in [0.15, 0.2) is 6.04 Å². The summed E-state index contributed by atoms with van der Waals surface area (Å²) >= 11 is 0. The molecule has 1 atom stereocenters. The van der Waals surface area contributed by atoms with Gasteiger partial charge in [-0.15, -0.1) is 0 Å². The normalized spacial score (nSPS) is 20.7. The summed E-state index contributed by atoms with van der Waals surface area (Å²) in [6.07, 6.45) is -1.45. The molecule has 3 N–H and O–H groups in total. The first kappa shape index (κ1) is 13.2. The van der Waals surface area contributed by atoms with E-state index >= 15 is 0 Å². The molecule has 0 aromatic carbocycles. The molecule has 8 heteroatoms. The monoisotopic (exact) mass is 245 g/mol. The van der Waals surface area contributed by atoms with Crippen LogP contribution in [0.5, 0.6) is 0 Å². The molecule has 1 rings (SSSR count). The number of hydrogen-bond acceptors (Lipinski definition) is 5. The summed E-state index contributed by atoms with van der Waals surface area (Å²) in [5.41, 5.74) is -0.725. The molecule has 0 aliphatic carbocycles. The molecule has 0 radical (unpaired) electrons. The largest absolute Gasteiger partial charge is 0.465 e. The zero-order chi connectivity index (χ0) is 13.4. The molecular weight excluding hydrogens is 230 g/mol. The number of nitrogens with zero attached hydrogens (tertiary/aromatic N) is 2. The fourth-order valence-electron chi connectivity index (χ4n) is 1.33. The molecule has 1 heterocycles. The maximum absolute atomic E-state index is 11.7. The number of ether oxygens (including phenoxy) is 1. The van der Waals surface area contributed by atoms with Gasteiger partial charge in [0.05, 0.1) is 6.54 Å². The maximum atomic E-state index is 11.7. The average Bonchev–Trinajstić information content (AvgIpc) is 2.41. The van der Waals surface area contributed by atoms with E-state index in [1.54, 1.807) is 20.8 Å². The Bertz CT molecular complexity index is 362. The molecule has 17 heavy (non-hydrogen) atoms. The van der Waals surface area contributed by atoms with Gasteiger partial charge >= 0.3 is 18.1 Å². The topological polar surface area (TPSA) is 113 Å². The standard InChI is InChI=1S/C9H15N3O5/c1-9(2,3)17-6(13)5-4-11(8(15)16)7(14)12(5)10/h5H,4,10H2,1-3H3,(H,15,16). The Hall–Kier alpha value is -1.83. The van der Waals surface area contributed by atoms with Gasteiger partial charge in [-0.3, -0.25) is 0 Å². The number of esters is 1. The summed E-state index contributed by atoms with van der Waals surface area (Å²) < 4.78 is 5.04. The Morgan fingerprint density at radius 1 is 1.47 bits per heavy atom. The van der Waals surface area contributed by atoms with E-state index in [1.165, 1.54) is 0 Å². The first-order valence-electron chi connectivity index (χ1n) is 4.94. The van der Waals surface area contributed by atoms with Crippen molar-refractivity contribution in [2.75, 3.05) is 6.54 Å². The second kappa shape index (κ2) is 4.21. The first-order chi connectivity index (χ1) is 7.63. The van der Waals surface area contributed by atoms with E-state index in [0.29, 0.717) is 9.91 Å². The number of amides is 3. The summed E-state index contributed by atoms with van der Waals surface area (Å²) in [6.45, 7) is 4.67.